The summed E-state index contributed by atoms with van der Waals surface area (Å²) < 4.78 is 11.0. The predicted octanol–water partition coefficient (Wildman–Crippen LogP) is 4.81. The first kappa shape index (κ1) is 18.2. The van der Waals surface area contributed by atoms with E-state index in [1.807, 2.05) is 19.1 Å². The summed E-state index contributed by atoms with van der Waals surface area (Å²) in [4.78, 5) is 16.7. The van der Waals surface area contributed by atoms with Crippen molar-refractivity contribution in [1.29, 1.82) is 0 Å². The van der Waals surface area contributed by atoms with E-state index >= 15 is 0 Å². The standard InChI is InChI=1S/C20H27NO3/c1-7-9-24-14-11-15-13(3)10-17(19(22)23-8-2)21-18(15)16(12-14)20(4,5)6/h10-12H,7-9H2,1-6H3. The van der Waals surface area contributed by atoms with Crippen molar-refractivity contribution in [2.75, 3.05) is 13.2 Å². The lowest BCUT2D eigenvalue weighted by Gasteiger charge is -2.23. The molecule has 0 aliphatic rings. The van der Waals surface area contributed by atoms with Crippen molar-refractivity contribution < 1.29 is 14.3 Å². The van der Waals surface area contributed by atoms with Crippen LogP contribution >= 0.6 is 0 Å². The first-order valence-electron chi connectivity index (χ1n) is 8.53. The van der Waals surface area contributed by atoms with E-state index < -0.39 is 0 Å². The highest BCUT2D eigenvalue weighted by Crippen LogP contribution is 2.34. The van der Waals surface area contributed by atoms with Crippen molar-refractivity contribution in [1.82, 2.24) is 4.98 Å². The monoisotopic (exact) mass is 329 g/mol. The molecule has 2 rings (SSSR count). The maximum Gasteiger partial charge on any atom is 0.356 e. The van der Waals surface area contributed by atoms with Crippen LogP contribution in [-0.2, 0) is 10.2 Å². The van der Waals surface area contributed by atoms with Crippen LogP contribution in [0.25, 0.3) is 10.9 Å². The minimum absolute atomic E-state index is 0.115. The highest BCUT2D eigenvalue weighted by Gasteiger charge is 2.22. The van der Waals surface area contributed by atoms with Gasteiger partial charge >= 0.3 is 5.97 Å². The fourth-order valence-corrected chi connectivity index (χ4v) is 2.65. The van der Waals surface area contributed by atoms with Gasteiger partial charge in [0.2, 0.25) is 0 Å². The Hall–Kier alpha value is -2.10. The molecular formula is C20H27NO3. The Morgan fingerprint density at radius 3 is 2.46 bits per heavy atom. The molecule has 0 N–H and O–H groups in total. The van der Waals surface area contributed by atoms with Crippen molar-refractivity contribution in [3.05, 3.63) is 35.0 Å². The fraction of sp³-hybridized carbons (Fsp3) is 0.500. The summed E-state index contributed by atoms with van der Waals surface area (Å²) >= 11 is 0. The lowest BCUT2D eigenvalue weighted by molar-refractivity contribution is 0.0520. The minimum atomic E-state index is -0.381. The zero-order valence-corrected chi connectivity index (χ0v) is 15.5. The van der Waals surface area contributed by atoms with E-state index in [2.05, 4.69) is 32.7 Å². The molecule has 0 unspecified atom stereocenters. The predicted molar refractivity (Wildman–Crippen MR) is 96.9 cm³/mol. The third-order valence-electron chi connectivity index (χ3n) is 3.86. The Bertz CT molecular complexity index is 745. The van der Waals surface area contributed by atoms with Crippen LogP contribution in [0.2, 0.25) is 0 Å². The van der Waals surface area contributed by atoms with Gasteiger partial charge in [0.1, 0.15) is 11.4 Å². The second kappa shape index (κ2) is 7.20. The molecule has 0 radical (unpaired) electrons. The van der Waals surface area contributed by atoms with E-state index in [0.29, 0.717) is 18.9 Å². The number of fused-ring (bicyclic) bond motifs is 1. The molecule has 1 aromatic carbocycles. The summed E-state index contributed by atoms with van der Waals surface area (Å²) in [5.41, 5.74) is 3.15. The van der Waals surface area contributed by atoms with Gasteiger partial charge in [0.25, 0.3) is 0 Å². The SMILES string of the molecule is CCCOc1cc(C(C)(C)C)c2nc(C(=O)OCC)cc(C)c2c1. The molecule has 0 atom stereocenters. The largest absolute Gasteiger partial charge is 0.494 e. The Balaban J connectivity index is 2.69. The van der Waals surface area contributed by atoms with Gasteiger partial charge < -0.3 is 9.47 Å². The number of esters is 1. The smallest absolute Gasteiger partial charge is 0.356 e. The van der Waals surface area contributed by atoms with Gasteiger partial charge in [-0.05, 0) is 55.0 Å². The molecular weight excluding hydrogens is 302 g/mol. The number of carbonyl (C=O) groups excluding carboxylic acids is 1. The number of rotatable bonds is 5. The third kappa shape index (κ3) is 3.86. The van der Waals surface area contributed by atoms with Crippen LogP contribution in [0.4, 0.5) is 0 Å². The molecule has 0 aliphatic carbocycles. The lowest BCUT2D eigenvalue weighted by atomic mass is 9.84. The molecule has 4 nitrogen and oxygen atoms in total. The Kier molecular flexibility index (Phi) is 5.47. The number of pyridine rings is 1. The number of hydrogen-bond acceptors (Lipinski definition) is 4. The number of hydrogen-bond donors (Lipinski definition) is 0. The summed E-state index contributed by atoms with van der Waals surface area (Å²) in [6.45, 7) is 13.3. The minimum Gasteiger partial charge on any atom is -0.494 e. The summed E-state index contributed by atoms with van der Waals surface area (Å²) in [6, 6.07) is 5.84. The summed E-state index contributed by atoms with van der Waals surface area (Å²) in [7, 11) is 0. The third-order valence-corrected chi connectivity index (χ3v) is 3.86. The van der Waals surface area contributed by atoms with Crippen LogP contribution < -0.4 is 4.74 Å². The van der Waals surface area contributed by atoms with E-state index in [1.165, 1.54) is 0 Å². The average Bonchev–Trinajstić information content (AvgIpc) is 2.51. The van der Waals surface area contributed by atoms with Crippen LogP contribution in [0, 0.1) is 6.92 Å². The Morgan fingerprint density at radius 2 is 1.88 bits per heavy atom. The molecule has 24 heavy (non-hydrogen) atoms. The van der Waals surface area contributed by atoms with Crippen LogP contribution in [0.3, 0.4) is 0 Å². The van der Waals surface area contributed by atoms with Gasteiger partial charge in [-0.15, -0.1) is 0 Å². The maximum absolute atomic E-state index is 12.1. The van der Waals surface area contributed by atoms with Crippen LogP contribution in [0.5, 0.6) is 5.75 Å². The van der Waals surface area contributed by atoms with Crippen molar-refractivity contribution >= 4 is 16.9 Å². The molecule has 0 aliphatic heterocycles. The molecule has 0 amide bonds. The number of aryl methyl sites for hydroxylation is 1. The molecule has 4 heteroatoms. The van der Waals surface area contributed by atoms with Gasteiger partial charge in [-0.25, -0.2) is 9.78 Å². The Morgan fingerprint density at radius 1 is 1.17 bits per heavy atom. The average molecular weight is 329 g/mol. The zero-order valence-electron chi connectivity index (χ0n) is 15.5. The van der Waals surface area contributed by atoms with Gasteiger partial charge in [-0.2, -0.15) is 0 Å². The second-order valence-corrected chi connectivity index (χ2v) is 7.01. The maximum atomic E-state index is 12.1. The highest BCUT2D eigenvalue weighted by molar-refractivity contribution is 5.94. The van der Waals surface area contributed by atoms with Crippen molar-refractivity contribution in [3.8, 4) is 5.75 Å². The number of carbonyl (C=O) groups is 1. The van der Waals surface area contributed by atoms with Crippen molar-refractivity contribution in [3.63, 3.8) is 0 Å². The first-order valence-corrected chi connectivity index (χ1v) is 8.53. The summed E-state index contributed by atoms with van der Waals surface area (Å²) in [6.07, 6.45) is 0.960. The number of ether oxygens (including phenoxy) is 2. The number of aromatic nitrogens is 1. The molecule has 0 saturated carbocycles. The lowest BCUT2D eigenvalue weighted by Crippen LogP contribution is -2.15. The molecule has 2 aromatic rings. The van der Waals surface area contributed by atoms with E-state index in [0.717, 1.165) is 34.2 Å². The Labute approximate surface area is 144 Å². The molecule has 0 bridgehead atoms. The molecule has 0 saturated heterocycles. The van der Waals surface area contributed by atoms with Crippen LogP contribution in [-0.4, -0.2) is 24.2 Å². The topological polar surface area (TPSA) is 48.4 Å². The first-order chi connectivity index (χ1) is 11.3. The van der Waals surface area contributed by atoms with E-state index in [4.69, 9.17) is 9.47 Å². The van der Waals surface area contributed by atoms with Crippen LogP contribution in [0.15, 0.2) is 18.2 Å². The second-order valence-electron chi connectivity index (χ2n) is 7.01. The van der Waals surface area contributed by atoms with Gasteiger partial charge in [-0.1, -0.05) is 27.7 Å². The van der Waals surface area contributed by atoms with Gasteiger partial charge in [0.05, 0.1) is 18.7 Å². The van der Waals surface area contributed by atoms with E-state index in [9.17, 15) is 4.79 Å². The van der Waals surface area contributed by atoms with Gasteiger partial charge in [0, 0.05) is 5.39 Å². The van der Waals surface area contributed by atoms with E-state index in [-0.39, 0.29) is 11.4 Å². The fourth-order valence-electron chi connectivity index (χ4n) is 2.65. The molecule has 130 valence electrons. The number of benzene rings is 1. The van der Waals surface area contributed by atoms with E-state index in [1.54, 1.807) is 13.0 Å². The number of nitrogens with zero attached hydrogens (tertiary/aromatic N) is 1. The van der Waals surface area contributed by atoms with Crippen LogP contribution in [0.1, 0.15) is 62.7 Å². The quantitative estimate of drug-likeness (QED) is 0.739. The zero-order chi connectivity index (χ0) is 17.9. The van der Waals surface area contributed by atoms with Crippen molar-refractivity contribution in [2.24, 2.45) is 0 Å². The highest BCUT2D eigenvalue weighted by atomic mass is 16.5. The van der Waals surface area contributed by atoms with Gasteiger partial charge in [0.15, 0.2) is 0 Å². The molecule has 1 aromatic heterocycles. The molecule has 0 spiro atoms. The van der Waals surface area contributed by atoms with Gasteiger partial charge in [-0.3, -0.25) is 0 Å². The normalized spacial score (nSPS) is 11.6. The summed E-state index contributed by atoms with van der Waals surface area (Å²) in [5, 5.41) is 1.02. The summed E-state index contributed by atoms with van der Waals surface area (Å²) in [5.74, 6) is 0.469. The van der Waals surface area contributed by atoms with Crippen molar-refractivity contribution in [2.45, 2.75) is 53.4 Å². The molecule has 0 fully saturated rings. The molecule has 1 heterocycles.